The Morgan fingerprint density at radius 1 is 1.19 bits per heavy atom. The lowest BCUT2D eigenvalue weighted by molar-refractivity contribution is -0.142. The summed E-state index contributed by atoms with van der Waals surface area (Å²) in [4.78, 5) is 24.1. The first kappa shape index (κ1) is 25.9. The first-order chi connectivity index (χ1) is 17.6. The summed E-state index contributed by atoms with van der Waals surface area (Å²) in [5.41, 5.74) is 2.95. The topological polar surface area (TPSA) is 102 Å². The van der Waals surface area contributed by atoms with Crippen LogP contribution in [-0.4, -0.2) is 22.3 Å². The molecule has 0 saturated heterocycles. The molecule has 3 aromatic rings. The highest BCUT2D eigenvalue weighted by molar-refractivity contribution is 5.86. The molecule has 0 saturated carbocycles. The van der Waals surface area contributed by atoms with Gasteiger partial charge >= 0.3 is 12.1 Å². The fraction of sp³-hybridized carbons (Fsp3) is 0.276. The van der Waals surface area contributed by atoms with Crippen LogP contribution in [0.4, 0.5) is 14.9 Å². The molecular weight excluding hydrogens is 475 g/mol. The van der Waals surface area contributed by atoms with Crippen LogP contribution in [0.15, 0.2) is 71.3 Å². The molecule has 4 rings (SSSR count). The van der Waals surface area contributed by atoms with E-state index in [0.29, 0.717) is 23.6 Å². The largest absolute Gasteiger partial charge is 0.481 e. The lowest BCUT2D eigenvalue weighted by Gasteiger charge is -2.20. The van der Waals surface area contributed by atoms with Crippen LogP contribution in [0.1, 0.15) is 67.4 Å². The van der Waals surface area contributed by atoms with Crippen molar-refractivity contribution in [3.05, 3.63) is 101 Å². The van der Waals surface area contributed by atoms with Crippen LogP contribution in [0.3, 0.4) is 0 Å². The smallest absolute Gasteiger partial charge is 0.412 e. The van der Waals surface area contributed by atoms with Gasteiger partial charge < -0.3 is 14.4 Å². The van der Waals surface area contributed by atoms with Crippen LogP contribution in [0.5, 0.6) is 0 Å². The van der Waals surface area contributed by atoms with E-state index in [1.54, 1.807) is 45.9 Å². The Hall–Kier alpha value is -4.20. The number of carbonyl (C=O) groups is 2. The molecule has 0 aliphatic heterocycles. The molecule has 1 amide bonds. The molecule has 7 nitrogen and oxygen atoms in total. The normalized spacial score (nSPS) is 16.1. The van der Waals surface area contributed by atoms with E-state index in [9.17, 15) is 19.1 Å². The molecule has 1 aliphatic rings. The fourth-order valence-electron chi connectivity index (χ4n) is 4.18. The Morgan fingerprint density at radius 3 is 2.51 bits per heavy atom. The summed E-state index contributed by atoms with van der Waals surface area (Å²) >= 11 is 0. The van der Waals surface area contributed by atoms with Crippen molar-refractivity contribution in [3.8, 4) is 0 Å². The van der Waals surface area contributed by atoms with Gasteiger partial charge in [-0.25, -0.2) is 9.18 Å². The maximum atomic E-state index is 14.0. The average molecular weight is 505 g/mol. The molecule has 192 valence electrons. The summed E-state index contributed by atoms with van der Waals surface area (Å²) in [6.07, 6.45) is 5.09. The minimum absolute atomic E-state index is 0.158. The van der Waals surface area contributed by atoms with E-state index in [1.807, 2.05) is 36.4 Å². The minimum Gasteiger partial charge on any atom is -0.481 e. The zero-order valence-corrected chi connectivity index (χ0v) is 21.1. The number of carboxylic acid groups (broad SMARTS) is 1. The molecule has 2 aromatic carbocycles. The number of aliphatic carboxylic acids is 1. The number of amides is 1. The van der Waals surface area contributed by atoms with Gasteiger partial charge in [0.25, 0.3) is 0 Å². The number of carboxylic acids is 1. The molecule has 0 spiro atoms. The van der Waals surface area contributed by atoms with Gasteiger partial charge in [0.15, 0.2) is 5.76 Å². The molecule has 2 N–H and O–H groups in total. The number of ether oxygens (including phenoxy) is 1. The highest BCUT2D eigenvalue weighted by atomic mass is 19.1. The molecular formula is C29H29FN2O5. The number of anilines is 1. The van der Waals surface area contributed by atoms with Gasteiger partial charge in [-0.2, -0.15) is 0 Å². The van der Waals surface area contributed by atoms with Gasteiger partial charge in [0.1, 0.15) is 23.3 Å². The maximum Gasteiger partial charge on any atom is 0.412 e. The van der Waals surface area contributed by atoms with Crippen LogP contribution in [0.2, 0.25) is 0 Å². The second kappa shape index (κ2) is 10.4. The Balaban J connectivity index is 1.44. The van der Waals surface area contributed by atoms with Crippen molar-refractivity contribution in [2.45, 2.75) is 51.6 Å². The number of rotatable bonds is 7. The third-order valence-corrected chi connectivity index (χ3v) is 6.65. The molecule has 37 heavy (non-hydrogen) atoms. The number of hydrogen-bond acceptors (Lipinski definition) is 5. The summed E-state index contributed by atoms with van der Waals surface area (Å²) in [5.74, 6) is -0.982. The fourth-order valence-corrected chi connectivity index (χ4v) is 4.18. The zero-order valence-electron chi connectivity index (χ0n) is 21.1. The Morgan fingerprint density at radius 2 is 1.89 bits per heavy atom. The van der Waals surface area contributed by atoms with E-state index >= 15 is 0 Å². The van der Waals surface area contributed by atoms with Gasteiger partial charge in [-0.3, -0.25) is 10.1 Å². The average Bonchev–Trinajstić information content (AvgIpc) is 3.24. The van der Waals surface area contributed by atoms with E-state index in [0.717, 1.165) is 16.7 Å². The van der Waals surface area contributed by atoms with Gasteiger partial charge in [-0.05, 0) is 56.9 Å². The quantitative estimate of drug-likeness (QED) is 0.362. The van der Waals surface area contributed by atoms with E-state index in [2.05, 4.69) is 16.5 Å². The maximum absolute atomic E-state index is 14.0. The Labute approximate surface area is 214 Å². The summed E-state index contributed by atoms with van der Waals surface area (Å²) in [7, 11) is 0. The predicted octanol–water partition coefficient (Wildman–Crippen LogP) is 6.92. The number of nitrogens with zero attached hydrogens (tertiary/aromatic N) is 1. The minimum atomic E-state index is -0.970. The SMILES string of the molecule is Cc1noc(C2C=CC(c3ccc(C(C)(C)C(=O)O)cc3)=CC2)c1NC(=O)O[C@H](C)c1ccccc1F. The summed E-state index contributed by atoms with van der Waals surface area (Å²) < 4.78 is 25.0. The van der Waals surface area contributed by atoms with E-state index in [1.165, 1.54) is 6.07 Å². The Bertz CT molecular complexity index is 1370. The second-order valence-corrected chi connectivity index (χ2v) is 9.57. The number of carbonyl (C=O) groups excluding carboxylic acids is 1. The number of aromatic nitrogens is 1. The molecule has 1 aliphatic carbocycles. The zero-order chi connectivity index (χ0) is 26.7. The first-order valence-corrected chi connectivity index (χ1v) is 12.0. The lowest BCUT2D eigenvalue weighted by Crippen LogP contribution is -2.28. The lowest BCUT2D eigenvalue weighted by atomic mass is 9.83. The van der Waals surface area contributed by atoms with Crippen LogP contribution in [0.25, 0.3) is 5.57 Å². The van der Waals surface area contributed by atoms with E-state index in [-0.39, 0.29) is 11.5 Å². The van der Waals surface area contributed by atoms with Gasteiger partial charge in [-0.15, -0.1) is 0 Å². The molecule has 1 unspecified atom stereocenters. The van der Waals surface area contributed by atoms with Crippen molar-refractivity contribution < 1.29 is 28.3 Å². The monoisotopic (exact) mass is 504 g/mol. The highest BCUT2D eigenvalue weighted by Crippen LogP contribution is 2.36. The molecule has 1 heterocycles. The molecule has 0 fully saturated rings. The van der Waals surface area contributed by atoms with E-state index < -0.39 is 29.4 Å². The summed E-state index contributed by atoms with van der Waals surface area (Å²) in [6.45, 7) is 6.67. The summed E-state index contributed by atoms with van der Waals surface area (Å²) in [5, 5.41) is 16.2. The van der Waals surface area contributed by atoms with Gasteiger partial charge in [0.05, 0.1) is 5.41 Å². The molecule has 1 aromatic heterocycles. The van der Waals surface area contributed by atoms with E-state index in [4.69, 9.17) is 9.26 Å². The van der Waals surface area contributed by atoms with Crippen molar-refractivity contribution in [2.24, 2.45) is 0 Å². The van der Waals surface area contributed by atoms with Crippen molar-refractivity contribution in [2.75, 3.05) is 5.32 Å². The van der Waals surface area contributed by atoms with Crippen LogP contribution in [0, 0.1) is 12.7 Å². The molecule has 2 atom stereocenters. The van der Waals surface area contributed by atoms with Gasteiger partial charge in [-0.1, -0.05) is 65.8 Å². The van der Waals surface area contributed by atoms with Crippen molar-refractivity contribution in [1.82, 2.24) is 5.16 Å². The van der Waals surface area contributed by atoms with Crippen molar-refractivity contribution in [1.29, 1.82) is 0 Å². The highest BCUT2D eigenvalue weighted by Gasteiger charge is 2.29. The standard InChI is InChI=1S/C29H29FN2O5/c1-17-25(31-28(35)36-18(2)23-7-5-6-8-24(23)30)26(37-32-17)21-11-9-19(10-12-21)20-13-15-22(16-14-20)29(3,4)27(33)34/h5-11,13-16,18,21H,12H2,1-4H3,(H,31,35)(H,33,34)/t18-,21?/m1/s1. The van der Waals surface area contributed by atoms with Crippen LogP contribution >= 0.6 is 0 Å². The molecule has 8 heteroatoms. The second-order valence-electron chi connectivity index (χ2n) is 9.57. The number of aryl methyl sites for hydroxylation is 1. The number of nitrogens with one attached hydrogen (secondary N) is 1. The predicted molar refractivity (Wildman–Crippen MR) is 138 cm³/mol. The van der Waals surface area contributed by atoms with Crippen LogP contribution in [-0.2, 0) is 14.9 Å². The number of allylic oxidation sites excluding steroid dienone is 4. The Kier molecular flexibility index (Phi) is 7.29. The third kappa shape index (κ3) is 5.48. The number of benzene rings is 2. The van der Waals surface area contributed by atoms with Gasteiger partial charge in [0, 0.05) is 11.5 Å². The van der Waals surface area contributed by atoms with Crippen molar-refractivity contribution in [3.63, 3.8) is 0 Å². The third-order valence-electron chi connectivity index (χ3n) is 6.65. The first-order valence-electron chi connectivity index (χ1n) is 12.0. The van der Waals surface area contributed by atoms with Gasteiger partial charge in [0.2, 0.25) is 0 Å². The molecule has 0 bridgehead atoms. The van der Waals surface area contributed by atoms with Crippen LogP contribution < -0.4 is 5.32 Å². The number of hydrogen-bond donors (Lipinski definition) is 2. The molecule has 0 radical (unpaired) electrons. The number of halogens is 1. The van der Waals surface area contributed by atoms with Crippen molar-refractivity contribution >= 4 is 23.3 Å². The summed E-state index contributed by atoms with van der Waals surface area (Å²) in [6, 6.07) is 13.6.